The lowest BCUT2D eigenvalue weighted by atomic mass is 10.1. The monoisotopic (exact) mass is 219 g/mol. The van der Waals surface area contributed by atoms with Crippen molar-refractivity contribution in [2.24, 2.45) is 0 Å². The van der Waals surface area contributed by atoms with Crippen molar-refractivity contribution in [3.63, 3.8) is 0 Å². The maximum Gasteiger partial charge on any atom is 0.338 e. The third kappa shape index (κ3) is 2.16. The van der Waals surface area contributed by atoms with Crippen molar-refractivity contribution in [3.05, 3.63) is 36.4 Å². The summed E-state index contributed by atoms with van der Waals surface area (Å²) in [5.74, 6) is 0.418. The van der Waals surface area contributed by atoms with E-state index in [2.05, 4.69) is 11.9 Å². The van der Waals surface area contributed by atoms with Gasteiger partial charge in [-0.15, -0.1) is 0 Å². The second-order valence-corrected chi connectivity index (χ2v) is 3.37. The largest absolute Gasteiger partial charge is 0.490 e. The van der Waals surface area contributed by atoms with Crippen LogP contribution in [-0.2, 0) is 4.74 Å². The number of fused-ring (bicyclic) bond motifs is 1. The van der Waals surface area contributed by atoms with E-state index in [0.717, 1.165) is 18.0 Å². The molecule has 4 heteroatoms. The Morgan fingerprint density at radius 3 is 3.31 bits per heavy atom. The molecule has 0 aliphatic carbocycles. The van der Waals surface area contributed by atoms with Crippen LogP contribution in [0.15, 0.2) is 30.9 Å². The molecule has 1 aromatic carbocycles. The third-order valence-electron chi connectivity index (χ3n) is 2.22. The molecular formula is C12H13NO3. The van der Waals surface area contributed by atoms with Crippen molar-refractivity contribution in [1.29, 1.82) is 0 Å². The molecule has 0 bridgehead atoms. The van der Waals surface area contributed by atoms with E-state index in [4.69, 9.17) is 9.47 Å². The van der Waals surface area contributed by atoms with Gasteiger partial charge in [-0.1, -0.05) is 12.7 Å². The lowest BCUT2D eigenvalue weighted by Gasteiger charge is -2.19. The minimum atomic E-state index is -0.352. The van der Waals surface area contributed by atoms with Crippen LogP contribution >= 0.6 is 0 Å². The number of hydrogen-bond acceptors (Lipinski definition) is 4. The Balaban J connectivity index is 2.16. The minimum absolute atomic E-state index is 0.222. The molecular weight excluding hydrogens is 206 g/mol. The smallest absolute Gasteiger partial charge is 0.338 e. The number of anilines is 1. The van der Waals surface area contributed by atoms with Gasteiger partial charge in [-0.25, -0.2) is 4.79 Å². The second-order valence-electron chi connectivity index (χ2n) is 3.37. The zero-order chi connectivity index (χ0) is 11.4. The Hall–Kier alpha value is -1.97. The molecule has 0 spiro atoms. The highest BCUT2D eigenvalue weighted by Crippen LogP contribution is 2.28. The van der Waals surface area contributed by atoms with Gasteiger partial charge in [0, 0.05) is 6.54 Å². The Morgan fingerprint density at radius 2 is 2.50 bits per heavy atom. The summed E-state index contributed by atoms with van der Waals surface area (Å²) in [7, 11) is 0. The highest BCUT2D eigenvalue weighted by Gasteiger charge is 2.13. The lowest BCUT2D eigenvalue weighted by Crippen LogP contribution is -2.18. The summed E-state index contributed by atoms with van der Waals surface area (Å²) in [6.07, 6.45) is 1.54. The minimum Gasteiger partial charge on any atom is -0.490 e. The van der Waals surface area contributed by atoms with Gasteiger partial charge >= 0.3 is 5.97 Å². The van der Waals surface area contributed by atoms with E-state index in [1.165, 1.54) is 6.08 Å². The molecule has 0 radical (unpaired) electrons. The molecule has 0 aromatic heterocycles. The first kappa shape index (κ1) is 10.5. The number of rotatable bonds is 3. The summed E-state index contributed by atoms with van der Waals surface area (Å²) in [4.78, 5) is 11.6. The van der Waals surface area contributed by atoms with Crippen LogP contribution in [0.1, 0.15) is 10.4 Å². The Kier molecular flexibility index (Phi) is 3.10. The topological polar surface area (TPSA) is 47.6 Å². The summed E-state index contributed by atoms with van der Waals surface area (Å²) in [5, 5.41) is 3.16. The van der Waals surface area contributed by atoms with Crippen LogP contribution < -0.4 is 10.1 Å². The fourth-order valence-electron chi connectivity index (χ4n) is 1.49. The van der Waals surface area contributed by atoms with Crippen molar-refractivity contribution >= 4 is 11.7 Å². The summed E-state index contributed by atoms with van der Waals surface area (Å²) < 4.78 is 10.4. The normalized spacial score (nSPS) is 13.0. The lowest BCUT2D eigenvalue weighted by molar-refractivity contribution is 0.0550. The number of carbonyl (C=O) groups excluding carboxylic acids is 1. The Bertz CT molecular complexity index is 415. The number of carbonyl (C=O) groups is 1. The zero-order valence-electron chi connectivity index (χ0n) is 8.86. The molecule has 2 rings (SSSR count). The van der Waals surface area contributed by atoms with Crippen LogP contribution in [0.5, 0.6) is 5.75 Å². The standard InChI is InChI=1S/C12H13NO3/c1-2-6-16-12(14)9-3-4-11-10(8-9)13-5-7-15-11/h2-4,8,13H,1,5-7H2. The van der Waals surface area contributed by atoms with Gasteiger partial charge in [0.25, 0.3) is 0 Å². The molecule has 0 unspecified atom stereocenters. The van der Waals surface area contributed by atoms with Gasteiger partial charge < -0.3 is 14.8 Å². The number of nitrogens with one attached hydrogen (secondary N) is 1. The number of hydrogen-bond donors (Lipinski definition) is 1. The van der Waals surface area contributed by atoms with Crippen LogP contribution in [0.25, 0.3) is 0 Å². The number of ether oxygens (including phenoxy) is 2. The van der Waals surface area contributed by atoms with Crippen LogP contribution in [-0.4, -0.2) is 25.7 Å². The molecule has 84 valence electrons. The van der Waals surface area contributed by atoms with Gasteiger partial charge in [-0.05, 0) is 18.2 Å². The average Bonchev–Trinajstić information content (AvgIpc) is 2.35. The molecule has 1 aliphatic rings. The molecule has 4 nitrogen and oxygen atoms in total. The summed E-state index contributed by atoms with van der Waals surface area (Å²) in [5.41, 5.74) is 1.35. The van der Waals surface area contributed by atoms with E-state index >= 15 is 0 Å². The average molecular weight is 219 g/mol. The molecule has 0 saturated heterocycles. The van der Waals surface area contributed by atoms with E-state index in [1.54, 1.807) is 18.2 Å². The predicted molar refractivity (Wildman–Crippen MR) is 60.9 cm³/mol. The fourth-order valence-corrected chi connectivity index (χ4v) is 1.49. The predicted octanol–water partition coefficient (Wildman–Crippen LogP) is 1.83. The van der Waals surface area contributed by atoms with Crippen molar-refractivity contribution < 1.29 is 14.3 Å². The van der Waals surface area contributed by atoms with Crippen molar-refractivity contribution in [3.8, 4) is 5.75 Å². The van der Waals surface area contributed by atoms with E-state index in [9.17, 15) is 4.79 Å². The molecule has 16 heavy (non-hydrogen) atoms. The highest BCUT2D eigenvalue weighted by atomic mass is 16.5. The third-order valence-corrected chi connectivity index (χ3v) is 2.22. The maximum atomic E-state index is 11.6. The van der Waals surface area contributed by atoms with Crippen LogP contribution in [0, 0.1) is 0 Å². The summed E-state index contributed by atoms with van der Waals surface area (Å²) in [6, 6.07) is 5.20. The van der Waals surface area contributed by atoms with Crippen LogP contribution in [0.2, 0.25) is 0 Å². The molecule has 1 heterocycles. The molecule has 0 fully saturated rings. The highest BCUT2D eigenvalue weighted by molar-refractivity contribution is 5.91. The van der Waals surface area contributed by atoms with Gasteiger partial charge in [0.1, 0.15) is 19.0 Å². The van der Waals surface area contributed by atoms with E-state index < -0.39 is 0 Å². The van der Waals surface area contributed by atoms with Crippen molar-refractivity contribution in [2.75, 3.05) is 25.1 Å². The molecule has 0 atom stereocenters. The maximum absolute atomic E-state index is 11.6. The fraction of sp³-hybridized carbons (Fsp3) is 0.250. The second kappa shape index (κ2) is 4.70. The van der Waals surface area contributed by atoms with Gasteiger partial charge in [-0.2, -0.15) is 0 Å². The summed E-state index contributed by atoms with van der Waals surface area (Å²) >= 11 is 0. The van der Waals surface area contributed by atoms with E-state index in [1.807, 2.05) is 0 Å². The van der Waals surface area contributed by atoms with Gasteiger partial charge in [-0.3, -0.25) is 0 Å². The molecule has 0 amide bonds. The SMILES string of the molecule is C=CCOC(=O)c1ccc2c(c1)NCCO2. The quantitative estimate of drug-likeness (QED) is 0.622. The first-order valence-corrected chi connectivity index (χ1v) is 5.10. The van der Waals surface area contributed by atoms with Crippen molar-refractivity contribution in [2.45, 2.75) is 0 Å². The van der Waals surface area contributed by atoms with Crippen LogP contribution in [0.4, 0.5) is 5.69 Å². The molecule has 1 N–H and O–H groups in total. The Morgan fingerprint density at radius 1 is 1.62 bits per heavy atom. The molecule has 0 saturated carbocycles. The zero-order valence-corrected chi connectivity index (χ0v) is 8.86. The van der Waals surface area contributed by atoms with E-state index in [-0.39, 0.29) is 12.6 Å². The summed E-state index contributed by atoms with van der Waals surface area (Å²) in [6.45, 7) is 5.10. The van der Waals surface area contributed by atoms with Gasteiger partial charge in [0.05, 0.1) is 11.3 Å². The van der Waals surface area contributed by atoms with Crippen LogP contribution in [0.3, 0.4) is 0 Å². The van der Waals surface area contributed by atoms with E-state index in [0.29, 0.717) is 12.2 Å². The first-order chi connectivity index (χ1) is 7.81. The Labute approximate surface area is 93.9 Å². The molecule has 1 aromatic rings. The van der Waals surface area contributed by atoms with Gasteiger partial charge in [0.2, 0.25) is 0 Å². The number of benzene rings is 1. The van der Waals surface area contributed by atoms with Gasteiger partial charge in [0.15, 0.2) is 0 Å². The molecule has 1 aliphatic heterocycles. The first-order valence-electron chi connectivity index (χ1n) is 5.10. The number of esters is 1. The van der Waals surface area contributed by atoms with Crippen molar-refractivity contribution in [1.82, 2.24) is 0 Å².